The fraction of sp³-hybridized carbons (Fsp3) is 0.0909. The summed E-state index contributed by atoms with van der Waals surface area (Å²) in [5.41, 5.74) is 6.86. The number of thioether (sulfide) groups is 1. The maximum Gasteiger partial charge on any atom is 0.142 e. The molecular weight excluding hydrogens is 322 g/mol. The number of rotatable bonds is 3. The summed E-state index contributed by atoms with van der Waals surface area (Å²) in [6, 6.07) is 7.74. The Kier molecular flexibility index (Phi) is 4.25. The van der Waals surface area contributed by atoms with Crippen LogP contribution in [0.3, 0.4) is 0 Å². The average molecular weight is 331 g/mol. The number of anilines is 1. The van der Waals surface area contributed by atoms with Gasteiger partial charge < -0.3 is 5.73 Å². The largest absolute Gasteiger partial charge is 0.383 e. The maximum absolute atomic E-state index is 5.82. The molecule has 6 heteroatoms. The monoisotopic (exact) mass is 329 g/mol. The molecule has 0 radical (unpaired) electrons. The van der Waals surface area contributed by atoms with Crippen molar-refractivity contribution in [3.8, 4) is 0 Å². The van der Waals surface area contributed by atoms with E-state index in [1.807, 2.05) is 24.3 Å². The van der Waals surface area contributed by atoms with Crippen LogP contribution in [-0.4, -0.2) is 9.97 Å². The van der Waals surface area contributed by atoms with E-state index in [9.17, 15) is 0 Å². The average Bonchev–Trinajstić information content (AvgIpc) is 2.33. The summed E-state index contributed by atoms with van der Waals surface area (Å²) >= 11 is 10.8. The van der Waals surface area contributed by atoms with Gasteiger partial charge in [-0.05, 0) is 33.6 Å². The van der Waals surface area contributed by atoms with Gasteiger partial charge in [-0.25, -0.2) is 9.97 Å². The molecule has 1 aromatic heterocycles. The molecule has 0 aliphatic heterocycles. The zero-order valence-electron chi connectivity index (χ0n) is 8.73. The Hall–Kier alpha value is -0.780. The van der Waals surface area contributed by atoms with E-state index in [1.54, 1.807) is 11.8 Å². The lowest BCUT2D eigenvalue weighted by Crippen LogP contribution is -1.95. The molecule has 0 spiro atoms. The second-order valence-electron chi connectivity index (χ2n) is 3.29. The Morgan fingerprint density at radius 3 is 2.65 bits per heavy atom. The fourth-order valence-corrected chi connectivity index (χ4v) is 2.72. The van der Waals surface area contributed by atoms with Gasteiger partial charge in [0.2, 0.25) is 0 Å². The summed E-state index contributed by atoms with van der Waals surface area (Å²) in [6.45, 7) is 0. The van der Waals surface area contributed by atoms with Gasteiger partial charge in [-0.3, -0.25) is 0 Å². The lowest BCUT2D eigenvalue weighted by atomic mass is 10.2. The lowest BCUT2D eigenvalue weighted by Gasteiger charge is -2.04. The Balaban J connectivity index is 2.07. The highest BCUT2D eigenvalue weighted by Crippen LogP contribution is 2.30. The molecule has 2 aromatic rings. The van der Waals surface area contributed by atoms with Gasteiger partial charge >= 0.3 is 0 Å². The van der Waals surface area contributed by atoms with Gasteiger partial charge in [-0.15, -0.1) is 11.8 Å². The van der Waals surface area contributed by atoms with Crippen LogP contribution in [-0.2, 0) is 5.75 Å². The molecule has 0 unspecified atom stereocenters. The number of benzene rings is 1. The SMILES string of the molecule is Nc1ncnc(SCc2ccc(Cl)cc2)c1Br. The molecule has 0 aliphatic rings. The standard InChI is InChI=1S/C11H9BrClN3S/c12-9-10(14)15-6-16-11(9)17-5-7-1-3-8(13)4-2-7/h1-4,6H,5H2,(H2,14,15,16). The van der Waals surface area contributed by atoms with Crippen LogP contribution in [0.1, 0.15) is 5.56 Å². The second kappa shape index (κ2) is 5.71. The van der Waals surface area contributed by atoms with Crippen molar-refractivity contribution in [3.63, 3.8) is 0 Å². The Labute approximate surface area is 117 Å². The number of nitrogens with zero attached hydrogens (tertiary/aromatic N) is 2. The Morgan fingerprint density at radius 1 is 1.24 bits per heavy atom. The van der Waals surface area contributed by atoms with Crippen molar-refractivity contribution in [1.29, 1.82) is 0 Å². The van der Waals surface area contributed by atoms with E-state index in [0.29, 0.717) is 5.82 Å². The first-order valence-corrected chi connectivity index (χ1v) is 6.95. The predicted octanol–water partition coefficient (Wildman–Crippen LogP) is 3.77. The van der Waals surface area contributed by atoms with Crippen molar-refractivity contribution in [2.75, 3.05) is 5.73 Å². The predicted molar refractivity (Wildman–Crippen MR) is 75.2 cm³/mol. The van der Waals surface area contributed by atoms with E-state index in [4.69, 9.17) is 17.3 Å². The molecule has 0 fully saturated rings. The quantitative estimate of drug-likeness (QED) is 0.687. The summed E-state index contributed by atoms with van der Waals surface area (Å²) < 4.78 is 0.749. The van der Waals surface area contributed by atoms with E-state index in [2.05, 4.69) is 25.9 Å². The molecule has 3 nitrogen and oxygen atoms in total. The lowest BCUT2D eigenvalue weighted by molar-refractivity contribution is 1.03. The fourth-order valence-electron chi connectivity index (χ4n) is 1.20. The minimum Gasteiger partial charge on any atom is -0.383 e. The molecule has 17 heavy (non-hydrogen) atoms. The molecule has 0 bridgehead atoms. The van der Waals surface area contributed by atoms with Crippen LogP contribution in [0.15, 0.2) is 40.1 Å². The first kappa shape index (κ1) is 12.7. The number of hydrogen-bond acceptors (Lipinski definition) is 4. The molecule has 0 aliphatic carbocycles. The van der Waals surface area contributed by atoms with Crippen LogP contribution >= 0.6 is 39.3 Å². The van der Waals surface area contributed by atoms with Gasteiger partial charge in [0.05, 0.1) is 4.47 Å². The summed E-state index contributed by atoms with van der Waals surface area (Å²) in [6.07, 6.45) is 1.46. The Morgan fingerprint density at radius 2 is 1.94 bits per heavy atom. The summed E-state index contributed by atoms with van der Waals surface area (Å²) in [4.78, 5) is 8.07. The van der Waals surface area contributed by atoms with Crippen molar-refractivity contribution in [2.45, 2.75) is 10.8 Å². The van der Waals surface area contributed by atoms with Gasteiger partial charge in [-0.1, -0.05) is 23.7 Å². The van der Waals surface area contributed by atoms with Crippen LogP contribution in [0.4, 0.5) is 5.82 Å². The molecule has 2 N–H and O–H groups in total. The van der Waals surface area contributed by atoms with E-state index in [1.165, 1.54) is 11.9 Å². The van der Waals surface area contributed by atoms with Crippen LogP contribution in [0, 0.1) is 0 Å². The van der Waals surface area contributed by atoms with E-state index < -0.39 is 0 Å². The highest BCUT2D eigenvalue weighted by Gasteiger charge is 2.06. The molecule has 0 amide bonds. The molecular formula is C11H9BrClN3S. The topological polar surface area (TPSA) is 51.8 Å². The highest BCUT2D eigenvalue weighted by atomic mass is 79.9. The molecule has 1 aromatic carbocycles. The zero-order valence-corrected chi connectivity index (χ0v) is 11.9. The number of nitrogen functional groups attached to an aromatic ring is 1. The van der Waals surface area contributed by atoms with Gasteiger partial charge in [0, 0.05) is 10.8 Å². The zero-order chi connectivity index (χ0) is 12.3. The normalized spacial score (nSPS) is 10.5. The van der Waals surface area contributed by atoms with Crippen LogP contribution < -0.4 is 5.73 Å². The summed E-state index contributed by atoms with van der Waals surface area (Å²) in [7, 11) is 0. The smallest absolute Gasteiger partial charge is 0.142 e. The van der Waals surface area contributed by atoms with Gasteiger partial charge in [0.1, 0.15) is 17.2 Å². The van der Waals surface area contributed by atoms with Crippen LogP contribution in [0.25, 0.3) is 0 Å². The van der Waals surface area contributed by atoms with E-state index >= 15 is 0 Å². The minimum absolute atomic E-state index is 0.457. The first-order chi connectivity index (χ1) is 8.16. The van der Waals surface area contributed by atoms with E-state index in [-0.39, 0.29) is 0 Å². The van der Waals surface area contributed by atoms with Crippen molar-refractivity contribution in [1.82, 2.24) is 9.97 Å². The van der Waals surface area contributed by atoms with Crippen molar-refractivity contribution >= 4 is 45.1 Å². The molecule has 0 atom stereocenters. The summed E-state index contributed by atoms with van der Waals surface area (Å²) in [5, 5.41) is 1.58. The molecule has 1 heterocycles. The molecule has 2 rings (SSSR count). The third kappa shape index (κ3) is 3.34. The highest BCUT2D eigenvalue weighted by molar-refractivity contribution is 9.10. The van der Waals surface area contributed by atoms with Crippen LogP contribution in [0.5, 0.6) is 0 Å². The maximum atomic E-state index is 5.82. The number of nitrogens with two attached hydrogens (primary N) is 1. The minimum atomic E-state index is 0.457. The van der Waals surface area contributed by atoms with Gasteiger partial charge in [0.15, 0.2) is 0 Å². The molecule has 0 saturated carbocycles. The van der Waals surface area contributed by atoms with Gasteiger partial charge in [-0.2, -0.15) is 0 Å². The molecule has 0 saturated heterocycles. The van der Waals surface area contributed by atoms with Gasteiger partial charge in [0.25, 0.3) is 0 Å². The number of hydrogen-bond donors (Lipinski definition) is 1. The summed E-state index contributed by atoms with van der Waals surface area (Å²) in [5.74, 6) is 1.27. The number of halogens is 2. The third-order valence-corrected chi connectivity index (χ3v) is 4.43. The second-order valence-corrected chi connectivity index (χ2v) is 5.49. The van der Waals surface area contributed by atoms with Crippen LogP contribution in [0.2, 0.25) is 5.02 Å². The third-order valence-electron chi connectivity index (χ3n) is 2.07. The first-order valence-electron chi connectivity index (χ1n) is 4.80. The molecule has 88 valence electrons. The Bertz CT molecular complexity index is 519. The number of aromatic nitrogens is 2. The van der Waals surface area contributed by atoms with Crippen molar-refractivity contribution < 1.29 is 0 Å². The van der Waals surface area contributed by atoms with E-state index in [0.717, 1.165) is 20.3 Å². The van der Waals surface area contributed by atoms with Crippen molar-refractivity contribution in [2.24, 2.45) is 0 Å². The van der Waals surface area contributed by atoms with Crippen molar-refractivity contribution in [3.05, 3.63) is 45.7 Å².